The van der Waals surface area contributed by atoms with Crippen molar-refractivity contribution in [3.63, 3.8) is 0 Å². The molecule has 1 heterocycles. The molecule has 2 amide bonds. The van der Waals surface area contributed by atoms with E-state index in [4.69, 9.17) is 5.73 Å². The minimum atomic E-state index is -0.710. The predicted octanol–water partition coefficient (Wildman–Crippen LogP) is 3.59. The summed E-state index contributed by atoms with van der Waals surface area (Å²) in [5.74, 6) is -1.95. The molecule has 0 bridgehead atoms. The maximum atomic E-state index is 14.9. The summed E-state index contributed by atoms with van der Waals surface area (Å²) in [5.41, 5.74) is 7.97. The van der Waals surface area contributed by atoms with E-state index in [0.717, 1.165) is 0 Å². The summed E-state index contributed by atoms with van der Waals surface area (Å²) in [4.78, 5) is 23.7. The minimum absolute atomic E-state index is 0.113. The number of hydrogen-bond acceptors (Lipinski definition) is 3. The van der Waals surface area contributed by atoms with E-state index in [0.29, 0.717) is 27.9 Å². The second-order valence-corrected chi connectivity index (χ2v) is 6.70. The second-order valence-electron chi connectivity index (χ2n) is 6.70. The summed E-state index contributed by atoms with van der Waals surface area (Å²) >= 11 is 0. The number of nitrogens with two attached hydrogens (primary N) is 1. The number of rotatable bonds is 5. The summed E-state index contributed by atoms with van der Waals surface area (Å²) in [6, 6.07) is 14.0. The second kappa shape index (κ2) is 7.35. The van der Waals surface area contributed by atoms with Gasteiger partial charge in [0.2, 0.25) is 5.91 Å². The average Bonchev–Trinajstić information content (AvgIpc) is 3.09. The van der Waals surface area contributed by atoms with Gasteiger partial charge in [0.05, 0.1) is 11.1 Å². The summed E-state index contributed by atoms with van der Waals surface area (Å²) in [5, 5.41) is 5.65. The summed E-state index contributed by atoms with van der Waals surface area (Å²) < 4.78 is 28.6. The number of carbonyl (C=O) groups excluding carboxylic acids is 2. The lowest BCUT2D eigenvalue weighted by Crippen LogP contribution is -2.19. The van der Waals surface area contributed by atoms with Gasteiger partial charge in [-0.05, 0) is 41.5 Å². The van der Waals surface area contributed by atoms with Crippen LogP contribution < -0.4 is 16.4 Å². The number of amides is 2. The Morgan fingerprint density at radius 2 is 1.79 bits per heavy atom. The standard InChI is InChI=1S/C22H17F2N3O2/c23-18-4-2-1-3-12(18)10-26-13-5-6-15(19(24)9-13)14-7-8-16(21(25)28)20-17(14)11-27-22(20)29/h1-9,26H,10-11H2,(H2,25,28)(H,27,29). The molecule has 29 heavy (non-hydrogen) atoms. The number of benzene rings is 3. The molecule has 0 aliphatic carbocycles. The van der Waals surface area contributed by atoms with Crippen LogP contribution in [-0.4, -0.2) is 11.8 Å². The predicted molar refractivity (Wildman–Crippen MR) is 105 cm³/mol. The molecule has 0 unspecified atom stereocenters. The first-order valence-corrected chi connectivity index (χ1v) is 8.97. The normalized spacial score (nSPS) is 12.4. The highest BCUT2D eigenvalue weighted by atomic mass is 19.1. The molecule has 0 atom stereocenters. The molecular formula is C22H17F2N3O2. The molecular weight excluding hydrogens is 376 g/mol. The molecule has 3 aromatic rings. The van der Waals surface area contributed by atoms with E-state index in [1.807, 2.05) is 0 Å². The molecule has 0 fully saturated rings. The van der Waals surface area contributed by atoms with Gasteiger partial charge >= 0.3 is 0 Å². The molecule has 5 nitrogen and oxygen atoms in total. The molecule has 1 aliphatic heterocycles. The highest BCUT2D eigenvalue weighted by Gasteiger charge is 2.28. The van der Waals surface area contributed by atoms with Gasteiger partial charge in [-0.3, -0.25) is 9.59 Å². The Hall–Kier alpha value is -3.74. The smallest absolute Gasteiger partial charge is 0.252 e. The first-order valence-electron chi connectivity index (χ1n) is 8.97. The van der Waals surface area contributed by atoms with Gasteiger partial charge in [0.15, 0.2) is 0 Å². The number of halogens is 2. The van der Waals surface area contributed by atoms with Crippen molar-refractivity contribution in [2.24, 2.45) is 5.73 Å². The molecule has 4 N–H and O–H groups in total. The number of anilines is 1. The zero-order chi connectivity index (χ0) is 20.5. The third-order valence-electron chi connectivity index (χ3n) is 4.93. The third kappa shape index (κ3) is 3.42. The zero-order valence-electron chi connectivity index (χ0n) is 15.3. The van der Waals surface area contributed by atoms with Crippen LogP contribution in [0.3, 0.4) is 0 Å². The van der Waals surface area contributed by atoms with Crippen LogP contribution in [0.4, 0.5) is 14.5 Å². The Kier molecular flexibility index (Phi) is 4.72. The van der Waals surface area contributed by atoms with E-state index < -0.39 is 17.6 Å². The minimum Gasteiger partial charge on any atom is -0.381 e. The molecule has 1 aliphatic rings. The summed E-state index contributed by atoms with van der Waals surface area (Å²) in [6.07, 6.45) is 0. The van der Waals surface area contributed by atoms with Crippen LogP contribution in [0.1, 0.15) is 31.8 Å². The Bertz CT molecular complexity index is 1140. The first-order chi connectivity index (χ1) is 14.0. The van der Waals surface area contributed by atoms with Crippen LogP contribution in [0.2, 0.25) is 0 Å². The topological polar surface area (TPSA) is 84.2 Å². The summed E-state index contributed by atoms with van der Waals surface area (Å²) in [6.45, 7) is 0.407. The zero-order valence-corrected chi connectivity index (χ0v) is 15.3. The van der Waals surface area contributed by atoms with E-state index in [9.17, 15) is 18.4 Å². The maximum absolute atomic E-state index is 14.9. The fourth-order valence-corrected chi connectivity index (χ4v) is 3.49. The largest absolute Gasteiger partial charge is 0.381 e. The molecule has 0 saturated heterocycles. The number of primary amides is 1. The van der Waals surface area contributed by atoms with Crippen LogP contribution in [0, 0.1) is 11.6 Å². The van der Waals surface area contributed by atoms with E-state index in [1.54, 1.807) is 36.4 Å². The van der Waals surface area contributed by atoms with Gasteiger partial charge in [0.1, 0.15) is 11.6 Å². The van der Waals surface area contributed by atoms with Gasteiger partial charge in [-0.2, -0.15) is 0 Å². The number of carbonyl (C=O) groups is 2. The Morgan fingerprint density at radius 3 is 2.52 bits per heavy atom. The quantitative estimate of drug-likeness (QED) is 0.619. The number of hydrogen-bond donors (Lipinski definition) is 3. The lowest BCUT2D eigenvalue weighted by molar-refractivity contribution is 0.0947. The molecule has 4 rings (SSSR count). The van der Waals surface area contributed by atoms with Gasteiger partial charge in [0, 0.05) is 29.9 Å². The van der Waals surface area contributed by atoms with E-state index >= 15 is 0 Å². The van der Waals surface area contributed by atoms with Crippen LogP contribution in [-0.2, 0) is 13.1 Å². The van der Waals surface area contributed by atoms with Crippen LogP contribution in [0.15, 0.2) is 54.6 Å². The van der Waals surface area contributed by atoms with Crippen molar-refractivity contribution in [3.05, 3.63) is 88.5 Å². The highest BCUT2D eigenvalue weighted by Crippen LogP contribution is 2.34. The molecule has 146 valence electrons. The molecule has 0 radical (unpaired) electrons. The number of fused-ring (bicyclic) bond motifs is 1. The van der Waals surface area contributed by atoms with Gasteiger partial charge in [0.25, 0.3) is 5.91 Å². The summed E-state index contributed by atoms with van der Waals surface area (Å²) in [7, 11) is 0. The average molecular weight is 393 g/mol. The van der Waals surface area contributed by atoms with E-state index in [-0.39, 0.29) is 30.0 Å². The van der Waals surface area contributed by atoms with Crippen molar-refractivity contribution < 1.29 is 18.4 Å². The van der Waals surface area contributed by atoms with E-state index in [2.05, 4.69) is 10.6 Å². The molecule has 0 spiro atoms. The first kappa shape index (κ1) is 18.6. The highest BCUT2D eigenvalue weighted by molar-refractivity contribution is 6.10. The monoisotopic (exact) mass is 393 g/mol. The van der Waals surface area contributed by atoms with Crippen LogP contribution in [0.25, 0.3) is 11.1 Å². The van der Waals surface area contributed by atoms with Gasteiger partial charge in [-0.1, -0.05) is 24.3 Å². The molecule has 7 heteroatoms. The van der Waals surface area contributed by atoms with Crippen molar-refractivity contribution in [2.45, 2.75) is 13.1 Å². The lowest BCUT2D eigenvalue weighted by Gasteiger charge is -2.13. The van der Waals surface area contributed by atoms with Crippen molar-refractivity contribution in [3.8, 4) is 11.1 Å². The van der Waals surface area contributed by atoms with E-state index in [1.165, 1.54) is 18.2 Å². The fraction of sp³-hybridized carbons (Fsp3) is 0.0909. The van der Waals surface area contributed by atoms with Crippen molar-refractivity contribution in [2.75, 3.05) is 5.32 Å². The Morgan fingerprint density at radius 1 is 1.03 bits per heavy atom. The third-order valence-corrected chi connectivity index (χ3v) is 4.93. The van der Waals surface area contributed by atoms with Crippen molar-refractivity contribution >= 4 is 17.5 Å². The van der Waals surface area contributed by atoms with Crippen LogP contribution >= 0.6 is 0 Å². The molecule has 0 saturated carbocycles. The van der Waals surface area contributed by atoms with Crippen molar-refractivity contribution in [1.29, 1.82) is 0 Å². The molecule has 0 aromatic heterocycles. The maximum Gasteiger partial charge on any atom is 0.252 e. The Balaban J connectivity index is 1.65. The molecule has 3 aromatic carbocycles. The Labute approximate surface area is 165 Å². The van der Waals surface area contributed by atoms with Gasteiger partial charge < -0.3 is 16.4 Å². The number of nitrogens with one attached hydrogen (secondary N) is 2. The van der Waals surface area contributed by atoms with Crippen LogP contribution in [0.5, 0.6) is 0 Å². The lowest BCUT2D eigenvalue weighted by atomic mass is 9.92. The van der Waals surface area contributed by atoms with Gasteiger partial charge in [-0.15, -0.1) is 0 Å². The SMILES string of the molecule is NC(=O)c1ccc(-c2ccc(NCc3ccccc3F)cc2F)c2c1C(=O)NC2. The van der Waals surface area contributed by atoms with Crippen molar-refractivity contribution in [1.82, 2.24) is 5.32 Å². The fourth-order valence-electron chi connectivity index (χ4n) is 3.49. The van der Waals surface area contributed by atoms with Gasteiger partial charge in [-0.25, -0.2) is 8.78 Å².